The molecule has 4 saturated heterocycles. The van der Waals surface area contributed by atoms with Crippen LogP contribution in [-0.2, 0) is 17.7 Å². The first-order valence-electron chi connectivity index (χ1n) is 17.4. The third-order valence-electron chi connectivity index (χ3n) is 11.4. The second-order valence-corrected chi connectivity index (χ2v) is 14.7. The van der Waals surface area contributed by atoms with Crippen molar-refractivity contribution >= 4 is 22.4 Å². The van der Waals surface area contributed by atoms with Crippen molar-refractivity contribution in [3.05, 3.63) is 34.6 Å². The maximum atomic E-state index is 11.0. The average Bonchev–Trinajstić information content (AvgIpc) is 3.74. The molecule has 5 aliphatic heterocycles. The Bertz CT molecular complexity index is 1570. The number of aryl methyl sites for hydroxylation is 1. The highest BCUT2D eigenvalue weighted by Crippen LogP contribution is 2.41. The number of piperidine rings is 1. The first-order chi connectivity index (χ1) is 21.8. The van der Waals surface area contributed by atoms with Crippen LogP contribution in [0.4, 0.5) is 11.5 Å². The lowest BCUT2D eigenvalue weighted by Crippen LogP contribution is -2.47. The molecule has 4 fully saturated rings. The highest BCUT2D eigenvalue weighted by molar-refractivity contribution is 5.95. The van der Waals surface area contributed by atoms with Gasteiger partial charge in [0.2, 0.25) is 0 Å². The summed E-state index contributed by atoms with van der Waals surface area (Å²) in [5.41, 5.74) is 6.58. The molecule has 7 heterocycles. The number of β-amino-alcohol motifs (C(OH)–C–C–N with tert-alkyl or cyclic N) is 1. The van der Waals surface area contributed by atoms with E-state index in [1.54, 1.807) is 0 Å². The van der Waals surface area contributed by atoms with Crippen molar-refractivity contribution in [2.45, 2.75) is 109 Å². The SMILES string of the molecule is Cc1cc2c(cnn2C2CCCCO2)c(N2CCc3c(nc(OCC45CCCN4CCC5)nc3N3CCC[C@@](C)(O)C3)C2)c1C. The fourth-order valence-corrected chi connectivity index (χ4v) is 8.92. The standard InChI is InChI=1S/C35H49N7O3/c1-24-19-29-27(20-36-42(29)30-9-4-5-18-44-30)31(25(24)2)39-17-10-26-28(21-39)37-33(38-32(26)40-14-6-11-34(3,43)22-40)45-23-35-12-7-15-41(35)16-8-13-35/h19-20,30,43H,4-18,21-23H2,1-3H3/t30?,34-/m1/s1. The fraction of sp³-hybridized carbons (Fsp3) is 0.686. The van der Waals surface area contributed by atoms with E-state index >= 15 is 0 Å². The number of anilines is 2. The minimum absolute atomic E-state index is 0.000161. The second-order valence-electron chi connectivity index (χ2n) is 14.7. The Morgan fingerprint density at radius 1 is 1.00 bits per heavy atom. The quantitative estimate of drug-likeness (QED) is 0.408. The van der Waals surface area contributed by atoms with Gasteiger partial charge in [0.25, 0.3) is 0 Å². The van der Waals surface area contributed by atoms with Crippen LogP contribution >= 0.6 is 0 Å². The van der Waals surface area contributed by atoms with Crippen molar-refractivity contribution < 1.29 is 14.6 Å². The van der Waals surface area contributed by atoms with Gasteiger partial charge in [-0.1, -0.05) is 0 Å². The number of rotatable bonds is 6. The van der Waals surface area contributed by atoms with E-state index in [9.17, 15) is 5.11 Å². The van der Waals surface area contributed by atoms with E-state index in [0.29, 0.717) is 25.7 Å². The van der Waals surface area contributed by atoms with Crippen molar-refractivity contribution in [2.75, 3.05) is 55.7 Å². The number of hydrogen-bond acceptors (Lipinski definition) is 9. The molecule has 1 unspecified atom stereocenters. The Labute approximate surface area is 266 Å². The largest absolute Gasteiger partial charge is 0.461 e. The molecule has 10 nitrogen and oxygen atoms in total. The summed E-state index contributed by atoms with van der Waals surface area (Å²) in [7, 11) is 0. The van der Waals surface area contributed by atoms with E-state index in [-0.39, 0.29) is 11.8 Å². The number of ether oxygens (including phenoxy) is 2. The molecule has 10 heteroatoms. The molecule has 1 aromatic carbocycles. The highest BCUT2D eigenvalue weighted by atomic mass is 16.5. The van der Waals surface area contributed by atoms with Gasteiger partial charge in [0.15, 0.2) is 6.23 Å². The van der Waals surface area contributed by atoms with Crippen molar-refractivity contribution in [3.63, 3.8) is 0 Å². The van der Waals surface area contributed by atoms with E-state index in [1.165, 1.54) is 73.0 Å². The molecule has 1 N–H and O–H groups in total. The topological polar surface area (TPSA) is 92.0 Å². The number of benzene rings is 1. The Morgan fingerprint density at radius 3 is 2.60 bits per heavy atom. The van der Waals surface area contributed by atoms with Crippen molar-refractivity contribution in [2.24, 2.45) is 0 Å². The zero-order valence-corrected chi connectivity index (χ0v) is 27.4. The van der Waals surface area contributed by atoms with E-state index in [2.05, 4.69) is 39.3 Å². The van der Waals surface area contributed by atoms with Gasteiger partial charge in [-0.2, -0.15) is 15.1 Å². The number of hydrogen-bond donors (Lipinski definition) is 1. The molecule has 0 radical (unpaired) electrons. The lowest BCUT2D eigenvalue weighted by atomic mass is 9.94. The van der Waals surface area contributed by atoms with Crippen LogP contribution in [0.25, 0.3) is 10.9 Å². The van der Waals surface area contributed by atoms with Crippen molar-refractivity contribution in [1.82, 2.24) is 24.6 Å². The fourth-order valence-electron chi connectivity index (χ4n) is 8.92. The third kappa shape index (κ3) is 5.26. The van der Waals surface area contributed by atoms with Gasteiger partial charge in [-0.15, -0.1) is 0 Å². The predicted octanol–water partition coefficient (Wildman–Crippen LogP) is 5.06. The van der Waals surface area contributed by atoms with Gasteiger partial charge in [0, 0.05) is 37.2 Å². The Morgan fingerprint density at radius 2 is 1.82 bits per heavy atom. The van der Waals surface area contributed by atoms with Gasteiger partial charge in [0.05, 0.1) is 40.8 Å². The molecule has 45 heavy (non-hydrogen) atoms. The van der Waals surface area contributed by atoms with Gasteiger partial charge in [-0.25, -0.2) is 4.68 Å². The predicted molar refractivity (Wildman–Crippen MR) is 175 cm³/mol. The smallest absolute Gasteiger partial charge is 0.318 e. The zero-order valence-electron chi connectivity index (χ0n) is 27.4. The molecule has 0 saturated carbocycles. The Hall–Kier alpha value is -2.95. The number of nitrogens with zero attached hydrogens (tertiary/aromatic N) is 7. The normalized spacial score (nSPS) is 26.8. The molecule has 0 spiro atoms. The molecule has 2 atom stereocenters. The van der Waals surface area contributed by atoms with Crippen LogP contribution in [0.3, 0.4) is 0 Å². The first kappa shape index (κ1) is 29.5. The summed E-state index contributed by atoms with van der Waals surface area (Å²) in [6, 6.07) is 2.76. The summed E-state index contributed by atoms with van der Waals surface area (Å²) in [4.78, 5) is 17.6. The summed E-state index contributed by atoms with van der Waals surface area (Å²) in [5, 5.41) is 17.1. The van der Waals surface area contributed by atoms with Crippen LogP contribution in [0.1, 0.15) is 93.3 Å². The van der Waals surface area contributed by atoms with Crippen molar-refractivity contribution in [1.29, 1.82) is 0 Å². The van der Waals surface area contributed by atoms with Crippen LogP contribution in [0.15, 0.2) is 12.3 Å². The van der Waals surface area contributed by atoms with Crippen LogP contribution < -0.4 is 14.5 Å². The molecular weight excluding hydrogens is 566 g/mol. The first-order valence-corrected chi connectivity index (χ1v) is 17.4. The number of fused-ring (bicyclic) bond motifs is 3. The van der Waals surface area contributed by atoms with Crippen molar-refractivity contribution in [3.8, 4) is 6.01 Å². The minimum atomic E-state index is -0.725. The van der Waals surface area contributed by atoms with Gasteiger partial charge in [-0.3, -0.25) is 4.90 Å². The average molecular weight is 616 g/mol. The van der Waals surface area contributed by atoms with Gasteiger partial charge >= 0.3 is 6.01 Å². The Balaban J connectivity index is 1.15. The molecule has 0 amide bonds. The Kier molecular flexibility index (Phi) is 7.45. The summed E-state index contributed by atoms with van der Waals surface area (Å²) >= 11 is 0. The molecule has 8 rings (SSSR count). The lowest BCUT2D eigenvalue weighted by Gasteiger charge is -2.40. The van der Waals surface area contributed by atoms with Gasteiger partial charge in [0.1, 0.15) is 12.4 Å². The summed E-state index contributed by atoms with van der Waals surface area (Å²) in [5.74, 6) is 0.954. The molecule has 3 aromatic rings. The zero-order chi connectivity index (χ0) is 30.8. The third-order valence-corrected chi connectivity index (χ3v) is 11.4. The van der Waals surface area contributed by atoms with E-state index < -0.39 is 5.60 Å². The maximum absolute atomic E-state index is 11.0. The summed E-state index contributed by atoms with van der Waals surface area (Å²) in [6.07, 6.45) is 12.8. The molecule has 0 aliphatic carbocycles. The minimum Gasteiger partial charge on any atom is -0.461 e. The van der Waals surface area contributed by atoms with Gasteiger partial charge in [-0.05, 0) is 115 Å². The van der Waals surface area contributed by atoms with E-state index in [0.717, 1.165) is 68.8 Å². The van der Waals surface area contributed by atoms with Crippen LogP contribution in [-0.4, -0.2) is 86.8 Å². The van der Waals surface area contributed by atoms with Crippen LogP contribution in [0.2, 0.25) is 0 Å². The molecule has 242 valence electrons. The lowest BCUT2D eigenvalue weighted by molar-refractivity contribution is -0.0366. The number of aliphatic hydroxyl groups is 1. The van der Waals surface area contributed by atoms with Crippen LogP contribution in [0.5, 0.6) is 6.01 Å². The number of aromatic nitrogens is 4. The monoisotopic (exact) mass is 615 g/mol. The van der Waals surface area contributed by atoms with E-state index in [4.69, 9.17) is 24.5 Å². The summed E-state index contributed by atoms with van der Waals surface area (Å²) < 4.78 is 14.8. The second kappa shape index (κ2) is 11.4. The van der Waals surface area contributed by atoms with Crippen LogP contribution in [0, 0.1) is 13.8 Å². The molecular formula is C35H49N7O3. The van der Waals surface area contributed by atoms with E-state index in [1.807, 2.05) is 13.1 Å². The summed E-state index contributed by atoms with van der Waals surface area (Å²) in [6.45, 7) is 13.2. The molecule has 5 aliphatic rings. The molecule has 2 aromatic heterocycles. The maximum Gasteiger partial charge on any atom is 0.318 e. The highest BCUT2D eigenvalue weighted by Gasteiger charge is 2.45. The molecule has 0 bridgehead atoms. The van der Waals surface area contributed by atoms with Gasteiger partial charge < -0.3 is 24.4 Å².